The van der Waals surface area contributed by atoms with Gasteiger partial charge < -0.3 is 19.7 Å². The lowest BCUT2D eigenvalue weighted by Gasteiger charge is -2.17. The van der Waals surface area contributed by atoms with Gasteiger partial charge in [-0.1, -0.05) is 12.1 Å². The number of carboxylic acids is 1. The summed E-state index contributed by atoms with van der Waals surface area (Å²) in [5, 5.41) is 10.6. The number of methoxy groups -OCH3 is 1. The van der Waals surface area contributed by atoms with E-state index in [4.69, 9.17) is 4.74 Å². The second-order valence-electron chi connectivity index (χ2n) is 6.46. The molecule has 0 fully saturated rings. The summed E-state index contributed by atoms with van der Waals surface area (Å²) in [7, 11) is 1.55. The van der Waals surface area contributed by atoms with E-state index < -0.39 is 11.8 Å². The smallest absolute Gasteiger partial charge is 0.339 e. The summed E-state index contributed by atoms with van der Waals surface area (Å²) in [4.78, 5) is 29.3. The van der Waals surface area contributed by atoms with E-state index in [0.29, 0.717) is 30.0 Å². The Hall–Kier alpha value is -3.61. The molecule has 2 N–H and O–H groups in total. The Balaban J connectivity index is 1.81. The normalized spacial score (nSPS) is 13.6. The zero-order chi connectivity index (χ0) is 19.8. The highest BCUT2D eigenvalue weighted by atomic mass is 19.1. The van der Waals surface area contributed by atoms with Crippen molar-refractivity contribution in [3.8, 4) is 5.75 Å². The first kappa shape index (κ1) is 17.8. The Bertz CT molecular complexity index is 1120. The summed E-state index contributed by atoms with van der Waals surface area (Å²) in [5.74, 6) is -1.35. The highest BCUT2D eigenvalue weighted by molar-refractivity contribution is 6.17. The second kappa shape index (κ2) is 6.84. The Labute approximate surface area is 159 Å². The SMILES string of the molecule is COc1cccc2c3c([nH]c12)C(C(=O)O)=CN(C(=O)c1ccc(F)cc1)CC3. The van der Waals surface area contributed by atoms with Gasteiger partial charge in [-0.3, -0.25) is 4.79 Å². The van der Waals surface area contributed by atoms with Crippen molar-refractivity contribution in [3.63, 3.8) is 0 Å². The molecule has 6 nitrogen and oxygen atoms in total. The average Bonchev–Trinajstić information content (AvgIpc) is 2.95. The number of hydrogen-bond donors (Lipinski definition) is 2. The first-order valence-corrected chi connectivity index (χ1v) is 8.69. The number of rotatable bonds is 3. The largest absolute Gasteiger partial charge is 0.495 e. The molecule has 1 aliphatic rings. The van der Waals surface area contributed by atoms with Crippen molar-refractivity contribution in [1.29, 1.82) is 0 Å². The van der Waals surface area contributed by atoms with Gasteiger partial charge in [0.05, 0.1) is 23.9 Å². The number of fused-ring (bicyclic) bond motifs is 3. The highest BCUT2D eigenvalue weighted by Gasteiger charge is 2.27. The third-order valence-corrected chi connectivity index (χ3v) is 4.86. The number of halogens is 1. The van der Waals surface area contributed by atoms with Crippen molar-refractivity contribution in [3.05, 3.63) is 71.3 Å². The van der Waals surface area contributed by atoms with Gasteiger partial charge in [-0.15, -0.1) is 0 Å². The summed E-state index contributed by atoms with van der Waals surface area (Å²) < 4.78 is 18.5. The molecular formula is C21H17FN2O4. The van der Waals surface area contributed by atoms with Crippen LogP contribution in [0.25, 0.3) is 16.5 Å². The molecule has 0 saturated heterocycles. The van der Waals surface area contributed by atoms with Gasteiger partial charge in [-0.25, -0.2) is 9.18 Å². The van der Waals surface area contributed by atoms with Crippen LogP contribution in [0.4, 0.5) is 4.39 Å². The maximum absolute atomic E-state index is 13.1. The van der Waals surface area contributed by atoms with Gasteiger partial charge in [0, 0.05) is 23.7 Å². The van der Waals surface area contributed by atoms with Crippen LogP contribution in [0.15, 0.2) is 48.7 Å². The molecule has 1 aliphatic heterocycles. The predicted octanol–water partition coefficient (Wildman–Crippen LogP) is 3.44. The van der Waals surface area contributed by atoms with Crippen molar-refractivity contribution in [1.82, 2.24) is 9.88 Å². The number of H-pyrrole nitrogens is 1. The van der Waals surface area contributed by atoms with Crippen molar-refractivity contribution in [2.45, 2.75) is 6.42 Å². The fourth-order valence-electron chi connectivity index (χ4n) is 3.50. The van der Waals surface area contributed by atoms with Crippen molar-refractivity contribution in [2.24, 2.45) is 0 Å². The molecule has 0 atom stereocenters. The molecule has 0 saturated carbocycles. The Morgan fingerprint density at radius 2 is 1.93 bits per heavy atom. The van der Waals surface area contributed by atoms with Crippen LogP contribution in [0.2, 0.25) is 0 Å². The summed E-state index contributed by atoms with van der Waals surface area (Å²) in [5.41, 5.74) is 2.28. The molecule has 2 aromatic carbocycles. The molecule has 0 radical (unpaired) electrons. The summed E-state index contributed by atoms with van der Waals surface area (Å²) >= 11 is 0. The lowest BCUT2D eigenvalue weighted by atomic mass is 10.0. The fraction of sp³-hybridized carbons (Fsp3) is 0.143. The average molecular weight is 380 g/mol. The molecule has 0 aliphatic carbocycles. The van der Waals surface area contributed by atoms with E-state index in [1.807, 2.05) is 12.1 Å². The lowest BCUT2D eigenvalue weighted by Crippen LogP contribution is -2.27. The van der Waals surface area contributed by atoms with Crippen LogP contribution >= 0.6 is 0 Å². The standard InChI is InChI=1S/C21H17FN2O4/c1-28-17-4-2-3-14-15-9-10-24(20(25)12-5-7-13(22)8-6-12)11-16(21(26)27)18(15)23-19(14)17/h2-8,11,23H,9-10H2,1H3,(H,26,27). The van der Waals surface area contributed by atoms with Crippen LogP contribution < -0.4 is 4.74 Å². The second-order valence-corrected chi connectivity index (χ2v) is 6.46. The van der Waals surface area contributed by atoms with Crippen molar-refractivity contribution >= 4 is 28.4 Å². The summed E-state index contributed by atoms with van der Waals surface area (Å²) in [6.07, 6.45) is 1.80. The highest BCUT2D eigenvalue weighted by Crippen LogP contribution is 2.35. The van der Waals surface area contributed by atoms with Gasteiger partial charge >= 0.3 is 5.97 Å². The van der Waals surface area contributed by atoms with E-state index in [2.05, 4.69) is 4.98 Å². The van der Waals surface area contributed by atoms with Crippen LogP contribution in [0.5, 0.6) is 5.75 Å². The Morgan fingerprint density at radius 3 is 2.61 bits per heavy atom. The van der Waals surface area contributed by atoms with Gasteiger partial charge in [-0.2, -0.15) is 0 Å². The number of para-hydroxylation sites is 1. The maximum atomic E-state index is 13.1. The van der Waals surface area contributed by atoms with E-state index in [0.717, 1.165) is 16.5 Å². The molecule has 28 heavy (non-hydrogen) atoms. The number of aromatic nitrogens is 1. The number of ether oxygens (including phenoxy) is 1. The van der Waals surface area contributed by atoms with E-state index in [1.54, 1.807) is 13.2 Å². The number of carbonyl (C=O) groups excluding carboxylic acids is 1. The molecule has 7 heteroatoms. The number of nitrogens with one attached hydrogen (secondary N) is 1. The van der Waals surface area contributed by atoms with Gasteiger partial charge in [-0.05, 0) is 42.3 Å². The number of nitrogens with zero attached hydrogens (tertiary/aromatic N) is 1. The van der Waals surface area contributed by atoms with Gasteiger partial charge in [0.15, 0.2) is 0 Å². The van der Waals surface area contributed by atoms with Gasteiger partial charge in [0.1, 0.15) is 11.6 Å². The first-order chi connectivity index (χ1) is 13.5. The molecule has 142 valence electrons. The number of carboxylic acid groups (broad SMARTS) is 1. The number of aromatic amines is 1. The summed E-state index contributed by atoms with van der Waals surface area (Å²) in [6, 6.07) is 10.7. The zero-order valence-corrected chi connectivity index (χ0v) is 15.0. The van der Waals surface area contributed by atoms with Crippen LogP contribution in [-0.4, -0.2) is 40.5 Å². The molecule has 1 amide bonds. The number of amides is 1. The quantitative estimate of drug-likeness (QED) is 0.729. The van der Waals surface area contributed by atoms with E-state index in [1.165, 1.54) is 35.4 Å². The topological polar surface area (TPSA) is 82.6 Å². The Kier molecular flexibility index (Phi) is 4.35. The third-order valence-electron chi connectivity index (χ3n) is 4.86. The molecule has 0 unspecified atom stereocenters. The first-order valence-electron chi connectivity index (χ1n) is 8.69. The maximum Gasteiger partial charge on any atom is 0.339 e. The predicted molar refractivity (Wildman–Crippen MR) is 102 cm³/mol. The molecule has 3 aromatic rings. The number of benzene rings is 2. The molecule has 2 heterocycles. The minimum atomic E-state index is -1.15. The molecule has 1 aromatic heterocycles. The number of hydrogen-bond acceptors (Lipinski definition) is 3. The van der Waals surface area contributed by atoms with E-state index >= 15 is 0 Å². The molecule has 4 rings (SSSR count). The minimum Gasteiger partial charge on any atom is -0.495 e. The summed E-state index contributed by atoms with van der Waals surface area (Å²) in [6.45, 7) is 0.296. The van der Waals surface area contributed by atoms with Crippen LogP contribution in [0, 0.1) is 5.82 Å². The number of carbonyl (C=O) groups is 2. The fourth-order valence-corrected chi connectivity index (χ4v) is 3.50. The van der Waals surface area contributed by atoms with Crippen LogP contribution in [0.1, 0.15) is 21.6 Å². The van der Waals surface area contributed by atoms with Crippen molar-refractivity contribution in [2.75, 3.05) is 13.7 Å². The monoisotopic (exact) mass is 380 g/mol. The van der Waals surface area contributed by atoms with Crippen LogP contribution in [0.3, 0.4) is 0 Å². The van der Waals surface area contributed by atoms with Gasteiger partial charge in [0.2, 0.25) is 0 Å². The van der Waals surface area contributed by atoms with Crippen molar-refractivity contribution < 1.29 is 23.8 Å². The molecule has 0 spiro atoms. The van der Waals surface area contributed by atoms with Crippen LogP contribution in [-0.2, 0) is 11.2 Å². The lowest BCUT2D eigenvalue weighted by molar-refractivity contribution is -0.130. The zero-order valence-electron chi connectivity index (χ0n) is 15.0. The van der Waals surface area contributed by atoms with Gasteiger partial charge in [0.25, 0.3) is 5.91 Å². The van der Waals surface area contributed by atoms with E-state index in [-0.39, 0.29) is 11.5 Å². The molecular weight excluding hydrogens is 363 g/mol. The Morgan fingerprint density at radius 1 is 1.18 bits per heavy atom. The minimum absolute atomic E-state index is 0.0128. The number of aliphatic carboxylic acids is 1. The third kappa shape index (κ3) is 2.90. The molecule has 0 bridgehead atoms. The van der Waals surface area contributed by atoms with E-state index in [9.17, 15) is 19.1 Å².